The van der Waals surface area contributed by atoms with Gasteiger partial charge in [0.05, 0.1) is 6.10 Å². The number of aromatic nitrogens is 2. The molecule has 1 aliphatic rings. The number of nitrogens with zero attached hydrogens (tertiary/aromatic N) is 3. The summed E-state index contributed by atoms with van der Waals surface area (Å²) in [5, 5.41) is 19.9. The molecular weight excluding hydrogens is 385 g/mol. The van der Waals surface area contributed by atoms with Crippen LogP contribution in [-0.2, 0) is 6.54 Å². The Balaban J connectivity index is 0.00000220. The minimum atomic E-state index is -0.144. The standard InChI is InChI=1S/C13H23N5O2.HI/c1-3-14-13(15-8-12-16-9(2)18-20-12)17-10-4-6-11(19)7-5-10;/h10-11,19H,3-8H2,1-2H3,(H2,14,15,17);1H. The fraction of sp³-hybridized carbons (Fsp3) is 0.769. The lowest BCUT2D eigenvalue weighted by Gasteiger charge is -2.27. The van der Waals surface area contributed by atoms with Crippen molar-refractivity contribution in [1.82, 2.24) is 20.8 Å². The van der Waals surface area contributed by atoms with Crippen molar-refractivity contribution in [2.24, 2.45) is 4.99 Å². The van der Waals surface area contributed by atoms with Gasteiger partial charge in [0.1, 0.15) is 6.54 Å². The second kappa shape index (κ2) is 9.19. The molecule has 21 heavy (non-hydrogen) atoms. The maximum Gasteiger partial charge on any atom is 0.248 e. The summed E-state index contributed by atoms with van der Waals surface area (Å²) in [7, 11) is 0. The van der Waals surface area contributed by atoms with Crippen LogP contribution in [0.4, 0.5) is 0 Å². The van der Waals surface area contributed by atoms with E-state index in [0.29, 0.717) is 24.3 Å². The summed E-state index contributed by atoms with van der Waals surface area (Å²) in [6.07, 6.45) is 3.48. The van der Waals surface area contributed by atoms with Crippen molar-refractivity contribution in [3.05, 3.63) is 11.7 Å². The van der Waals surface area contributed by atoms with Crippen LogP contribution in [-0.4, -0.2) is 39.9 Å². The molecule has 0 radical (unpaired) electrons. The molecule has 1 heterocycles. The van der Waals surface area contributed by atoms with E-state index in [9.17, 15) is 5.11 Å². The van der Waals surface area contributed by atoms with E-state index in [1.54, 1.807) is 6.92 Å². The first-order valence-electron chi connectivity index (χ1n) is 7.19. The number of aliphatic imine (C=N–C) groups is 1. The molecule has 0 aromatic carbocycles. The Bertz CT molecular complexity index is 444. The van der Waals surface area contributed by atoms with Gasteiger partial charge in [0.2, 0.25) is 5.89 Å². The van der Waals surface area contributed by atoms with Gasteiger partial charge in [0, 0.05) is 12.6 Å². The first-order chi connectivity index (χ1) is 9.67. The van der Waals surface area contributed by atoms with E-state index in [-0.39, 0.29) is 30.1 Å². The van der Waals surface area contributed by atoms with Crippen molar-refractivity contribution >= 4 is 29.9 Å². The van der Waals surface area contributed by atoms with Gasteiger partial charge in [-0.1, -0.05) is 5.16 Å². The minimum Gasteiger partial charge on any atom is -0.393 e. The van der Waals surface area contributed by atoms with Crippen LogP contribution < -0.4 is 10.6 Å². The van der Waals surface area contributed by atoms with Crippen LogP contribution in [0.1, 0.15) is 44.3 Å². The average Bonchev–Trinajstić information content (AvgIpc) is 2.85. The Morgan fingerprint density at radius 3 is 2.67 bits per heavy atom. The minimum absolute atomic E-state index is 0. The number of aryl methyl sites for hydroxylation is 1. The highest BCUT2D eigenvalue weighted by Crippen LogP contribution is 2.18. The van der Waals surface area contributed by atoms with Crippen molar-refractivity contribution < 1.29 is 9.63 Å². The lowest BCUT2D eigenvalue weighted by molar-refractivity contribution is 0.120. The van der Waals surface area contributed by atoms with Gasteiger partial charge in [-0.25, -0.2) is 4.99 Å². The van der Waals surface area contributed by atoms with Gasteiger partial charge in [0.25, 0.3) is 0 Å². The quantitative estimate of drug-likeness (QED) is 0.395. The largest absolute Gasteiger partial charge is 0.393 e. The Morgan fingerprint density at radius 2 is 2.10 bits per heavy atom. The highest BCUT2D eigenvalue weighted by molar-refractivity contribution is 14.0. The summed E-state index contributed by atoms with van der Waals surface area (Å²) in [6.45, 7) is 4.97. The van der Waals surface area contributed by atoms with Crippen molar-refractivity contribution in [1.29, 1.82) is 0 Å². The number of rotatable bonds is 4. The van der Waals surface area contributed by atoms with Gasteiger partial charge in [-0.2, -0.15) is 4.98 Å². The van der Waals surface area contributed by atoms with Crippen LogP contribution >= 0.6 is 24.0 Å². The summed E-state index contributed by atoms with van der Waals surface area (Å²) in [4.78, 5) is 8.57. The van der Waals surface area contributed by atoms with Gasteiger partial charge in [0.15, 0.2) is 11.8 Å². The van der Waals surface area contributed by atoms with Crippen molar-refractivity contribution in [3.8, 4) is 0 Å². The van der Waals surface area contributed by atoms with Gasteiger partial charge in [-0.05, 0) is 39.5 Å². The molecule has 0 aliphatic heterocycles. The number of nitrogens with one attached hydrogen (secondary N) is 2. The number of aliphatic hydroxyl groups is 1. The molecule has 0 spiro atoms. The molecule has 7 nitrogen and oxygen atoms in total. The van der Waals surface area contributed by atoms with E-state index in [2.05, 4.69) is 25.8 Å². The fourth-order valence-corrected chi connectivity index (χ4v) is 2.28. The third kappa shape index (κ3) is 6.16. The third-order valence-corrected chi connectivity index (χ3v) is 3.32. The number of guanidine groups is 1. The number of halogens is 1. The molecule has 0 saturated heterocycles. The van der Waals surface area contributed by atoms with Crippen LogP contribution in [0.2, 0.25) is 0 Å². The second-order valence-electron chi connectivity index (χ2n) is 5.08. The van der Waals surface area contributed by atoms with Crippen LogP contribution in [0.3, 0.4) is 0 Å². The van der Waals surface area contributed by atoms with E-state index in [1.165, 1.54) is 0 Å². The molecule has 2 rings (SSSR count). The second-order valence-corrected chi connectivity index (χ2v) is 5.08. The topological polar surface area (TPSA) is 95.6 Å². The van der Waals surface area contributed by atoms with Crippen LogP contribution in [0.25, 0.3) is 0 Å². The van der Waals surface area contributed by atoms with E-state index >= 15 is 0 Å². The van der Waals surface area contributed by atoms with Gasteiger partial charge in [-0.15, -0.1) is 24.0 Å². The number of hydrogen-bond donors (Lipinski definition) is 3. The zero-order chi connectivity index (χ0) is 14.4. The Labute approximate surface area is 142 Å². The highest BCUT2D eigenvalue weighted by atomic mass is 127. The molecule has 1 saturated carbocycles. The summed E-state index contributed by atoms with van der Waals surface area (Å²) in [5.41, 5.74) is 0. The molecule has 1 aromatic heterocycles. The lowest BCUT2D eigenvalue weighted by atomic mass is 9.93. The summed E-state index contributed by atoms with van der Waals surface area (Å²) >= 11 is 0. The number of hydrogen-bond acceptors (Lipinski definition) is 5. The Kier molecular flexibility index (Phi) is 7.94. The van der Waals surface area contributed by atoms with Gasteiger partial charge in [-0.3, -0.25) is 0 Å². The summed E-state index contributed by atoms with van der Waals surface area (Å²) in [5.74, 6) is 1.89. The predicted molar refractivity (Wildman–Crippen MR) is 90.7 cm³/mol. The first-order valence-corrected chi connectivity index (χ1v) is 7.19. The molecule has 120 valence electrons. The SMILES string of the molecule is CCNC(=NCc1nc(C)no1)NC1CCC(O)CC1.I. The lowest BCUT2D eigenvalue weighted by Crippen LogP contribution is -2.45. The molecule has 1 aliphatic carbocycles. The van der Waals surface area contributed by atoms with Crippen molar-refractivity contribution in [3.63, 3.8) is 0 Å². The molecule has 0 unspecified atom stereocenters. The molecular formula is C13H24IN5O2. The fourth-order valence-electron chi connectivity index (χ4n) is 2.28. The Morgan fingerprint density at radius 1 is 1.38 bits per heavy atom. The van der Waals surface area contributed by atoms with Crippen LogP contribution in [0.15, 0.2) is 9.52 Å². The van der Waals surface area contributed by atoms with E-state index in [1.807, 2.05) is 6.92 Å². The maximum absolute atomic E-state index is 9.52. The highest BCUT2D eigenvalue weighted by Gasteiger charge is 2.20. The average molecular weight is 409 g/mol. The third-order valence-electron chi connectivity index (χ3n) is 3.32. The van der Waals surface area contributed by atoms with Crippen LogP contribution in [0.5, 0.6) is 0 Å². The zero-order valence-corrected chi connectivity index (χ0v) is 14.8. The van der Waals surface area contributed by atoms with Crippen molar-refractivity contribution in [2.75, 3.05) is 6.54 Å². The normalized spacial score (nSPS) is 22.5. The van der Waals surface area contributed by atoms with E-state index < -0.39 is 0 Å². The first kappa shape index (κ1) is 18.1. The molecule has 1 fully saturated rings. The predicted octanol–water partition coefficient (Wildman–Crippen LogP) is 1.35. The van der Waals surface area contributed by atoms with Crippen LogP contribution in [0, 0.1) is 6.92 Å². The Hall–Kier alpha value is -0.900. The summed E-state index contributed by atoms with van der Waals surface area (Å²) < 4.78 is 5.04. The monoisotopic (exact) mass is 409 g/mol. The maximum atomic E-state index is 9.52. The molecule has 0 bridgehead atoms. The van der Waals surface area contributed by atoms with E-state index in [0.717, 1.165) is 38.2 Å². The smallest absolute Gasteiger partial charge is 0.248 e. The molecule has 3 N–H and O–H groups in total. The van der Waals surface area contributed by atoms with Gasteiger partial charge >= 0.3 is 0 Å². The number of aliphatic hydroxyl groups excluding tert-OH is 1. The van der Waals surface area contributed by atoms with Crippen molar-refractivity contribution in [2.45, 2.75) is 58.2 Å². The zero-order valence-electron chi connectivity index (χ0n) is 12.5. The summed E-state index contributed by atoms with van der Waals surface area (Å²) in [6, 6.07) is 0.362. The van der Waals surface area contributed by atoms with Gasteiger partial charge < -0.3 is 20.3 Å². The molecule has 1 aromatic rings. The molecule has 0 atom stereocenters. The van der Waals surface area contributed by atoms with E-state index in [4.69, 9.17) is 4.52 Å². The molecule has 8 heteroatoms. The molecule has 0 amide bonds.